The van der Waals surface area contributed by atoms with Crippen LogP contribution in [0.4, 0.5) is 13.2 Å². The Bertz CT molecular complexity index is 824. The van der Waals surface area contributed by atoms with Crippen molar-refractivity contribution >= 4 is 23.1 Å². The normalized spacial score (nSPS) is 12.3. The van der Waals surface area contributed by atoms with Gasteiger partial charge in [-0.3, -0.25) is 0 Å². The Morgan fingerprint density at radius 3 is 1.92 bits per heavy atom. The van der Waals surface area contributed by atoms with E-state index < -0.39 is 34.8 Å². The van der Waals surface area contributed by atoms with E-state index in [1.54, 1.807) is 0 Å². The van der Waals surface area contributed by atoms with Crippen molar-refractivity contribution in [3.8, 4) is 0 Å². The van der Waals surface area contributed by atoms with Gasteiger partial charge in [-0.15, -0.1) is 0 Å². The molecule has 25 heavy (non-hydrogen) atoms. The Balaban J connectivity index is 2.94. The molecular weight excluding hydrogens is 337 g/mol. The largest absolute Gasteiger partial charge is 0.478 e. The molecule has 0 radical (unpaired) electrons. The summed E-state index contributed by atoms with van der Waals surface area (Å²) in [6, 6.07) is 11.7. The first-order chi connectivity index (χ1) is 11.8. The zero-order chi connectivity index (χ0) is 18.6. The smallest absolute Gasteiger partial charge is 0.417 e. The quantitative estimate of drug-likeness (QED) is 0.514. The van der Waals surface area contributed by atoms with E-state index in [1.807, 2.05) is 0 Å². The van der Waals surface area contributed by atoms with Crippen LogP contribution in [0.5, 0.6) is 0 Å². The van der Waals surface area contributed by atoms with Gasteiger partial charge < -0.3 is 9.84 Å². The van der Waals surface area contributed by atoms with Crippen LogP contribution in [0, 0.1) is 0 Å². The zero-order valence-electron chi connectivity index (χ0n) is 13.0. The number of hydrogen-bond donors (Lipinski definition) is 1. The lowest BCUT2D eigenvalue weighted by Crippen LogP contribution is -2.19. The van der Waals surface area contributed by atoms with E-state index in [9.17, 15) is 27.9 Å². The van der Waals surface area contributed by atoms with Gasteiger partial charge in [0.2, 0.25) is 0 Å². The molecule has 0 saturated carbocycles. The molecule has 0 aliphatic rings. The van der Waals surface area contributed by atoms with E-state index in [0.717, 1.165) is 19.2 Å². The van der Waals surface area contributed by atoms with E-state index in [2.05, 4.69) is 4.74 Å². The van der Waals surface area contributed by atoms with Gasteiger partial charge in [-0.05, 0) is 11.6 Å². The van der Waals surface area contributed by atoms with Crippen LogP contribution in [0.2, 0.25) is 0 Å². The number of rotatable bonds is 4. The molecule has 0 atom stereocenters. The van der Waals surface area contributed by atoms with Crippen molar-refractivity contribution in [3.05, 3.63) is 71.3 Å². The van der Waals surface area contributed by atoms with Gasteiger partial charge in [-0.1, -0.05) is 48.5 Å². The fraction of sp³-hybridized carbons (Fsp3) is 0.111. The highest BCUT2D eigenvalue weighted by Crippen LogP contribution is 2.40. The number of benzene rings is 2. The number of esters is 1. The number of hydrogen-bond acceptors (Lipinski definition) is 3. The summed E-state index contributed by atoms with van der Waals surface area (Å²) in [5.41, 5.74) is -3.16. The number of allylic oxidation sites excluding steroid dienone is 1. The zero-order valence-corrected chi connectivity index (χ0v) is 13.0. The number of carbonyl (C=O) groups excluding carboxylic acids is 1. The topological polar surface area (TPSA) is 63.6 Å². The van der Waals surface area contributed by atoms with E-state index >= 15 is 0 Å². The number of alkyl halides is 3. The standard InChI is InChI=1S/C18H13F3O4/c1-25-17(24)14(12-9-5-6-10-13(12)16(22)23)15(18(19,20)21)11-7-3-2-4-8-11/h2-10H,1H3,(H,22,23)/b15-14+. The van der Waals surface area contributed by atoms with Gasteiger partial charge in [-0.25, -0.2) is 9.59 Å². The highest BCUT2D eigenvalue weighted by atomic mass is 19.4. The molecule has 0 unspecified atom stereocenters. The lowest BCUT2D eigenvalue weighted by Gasteiger charge is -2.18. The fourth-order valence-electron chi connectivity index (χ4n) is 2.39. The number of halogens is 3. The van der Waals surface area contributed by atoms with Gasteiger partial charge in [0, 0.05) is 5.56 Å². The van der Waals surface area contributed by atoms with Crippen molar-refractivity contribution in [2.45, 2.75) is 6.18 Å². The average Bonchev–Trinajstić information content (AvgIpc) is 2.58. The molecular formula is C18H13F3O4. The molecule has 130 valence electrons. The molecule has 1 N–H and O–H groups in total. The second-order valence-corrected chi connectivity index (χ2v) is 4.96. The molecule has 0 saturated heterocycles. The minimum atomic E-state index is -4.91. The van der Waals surface area contributed by atoms with Gasteiger partial charge in [0.1, 0.15) is 0 Å². The number of methoxy groups -OCH3 is 1. The Morgan fingerprint density at radius 2 is 1.44 bits per heavy atom. The Labute approximate surface area is 141 Å². The molecule has 4 nitrogen and oxygen atoms in total. The van der Waals surface area contributed by atoms with Gasteiger partial charge in [0.05, 0.1) is 23.8 Å². The van der Waals surface area contributed by atoms with E-state index in [-0.39, 0.29) is 11.1 Å². The van der Waals surface area contributed by atoms with Crippen LogP contribution >= 0.6 is 0 Å². The first-order valence-electron chi connectivity index (χ1n) is 7.05. The summed E-state index contributed by atoms with van der Waals surface area (Å²) in [7, 11) is 0.935. The van der Waals surface area contributed by atoms with Gasteiger partial charge in [0.15, 0.2) is 0 Å². The third kappa shape index (κ3) is 3.88. The minimum Gasteiger partial charge on any atom is -0.478 e. The van der Waals surface area contributed by atoms with Crippen LogP contribution in [-0.2, 0) is 9.53 Å². The first kappa shape index (κ1) is 18.3. The lowest BCUT2D eigenvalue weighted by molar-refractivity contribution is -0.134. The summed E-state index contributed by atoms with van der Waals surface area (Å²) >= 11 is 0. The minimum absolute atomic E-state index is 0.268. The molecule has 0 aromatic heterocycles. The summed E-state index contributed by atoms with van der Waals surface area (Å²) in [6.07, 6.45) is -4.91. The molecule has 0 fully saturated rings. The van der Waals surface area contributed by atoms with Gasteiger partial charge in [-0.2, -0.15) is 13.2 Å². The van der Waals surface area contributed by atoms with Crippen molar-refractivity contribution in [1.82, 2.24) is 0 Å². The van der Waals surface area contributed by atoms with Crippen LogP contribution < -0.4 is 0 Å². The number of ether oxygens (including phenoxy) is 1. The van der Waals surface area contributed by atoms with Crippen LogP contribution in [0.1, 0.15) is 21.5 Å². The lowest BCUT2D eigenvalue weighted by atomic mass is 9.91. The SMILES string of the molecule is COC(=O)/C(=C(\c1ccccc1)C(F)(F)F)c1ccccc1C(=O)O. The van der Waals surface area contributed by atoms with Crippen LogP contribution in [0.15, 0.2) is 54.6 Å². The van der Waals surface area contributed by atoms with Crippen LogP contribution in [0.3, 0.4) is 0 Å². The van der Waals surface area contributed by atoms with Gasteiger partial charge in [0.25, 0.3) is 0 Å². The third-order valence-corrected chi connectivity index (χ3v) is 3.41. The van der Waals surface area contributed by atoms with E-state index in [4.69, 9.17) is 0 Å². The number of aromatic carboxylic acids is 1. The van der Waals surface area contributed by atoms with E-state index in [0.29, 0.717) is 0 Å². The van der Waals surface area contributed by atoms with Crippen LogP contribution in [-0.4, -0.2) is 30.3 Å². The fourth-order valence-corrected chi connectivity index (χ4v) is 2.39. The summed E-state index contributed by atoms with van der Waals surface area (Å²) in [5, 5.41) is 9.27. The van der Waals surface area contributed by atoms with Crippen molar-refractivity contribution in [2.24, 2.45) is 0 Å². The summed E-state index contributed by atoms with van der Waals surface area (Å²) in [5.74, 6) is -2.73. The van der Waals surface area contributed by atoms with Gasteiger partial charge >= 0.3 is 18.1 Å². The second-order valence-electron chi connectivity index (χ2n) is 4.96. The maximum Gasteiger partial charge on any atom is 0.417 e. The average molecular weight is 350 g/mol. The highest BCUT2D eigenvalue weighted by Gasteiger charge is 2.40. The monoisotopic (exact) mass is 350 g/mol. The molecule has 0 spiro atoms. The predicted octanol–water partition coefficient (Wildman–Crippen LogP) is 4.03. The predicted molar refractivity (Wildman–Crippen MR) is 84.7 cm³/mol. The van der Waals surface area contributed by atoms with Crippen molar-refractivity contribution < 1.29 is 32.6 Å². The number of carbonyl (C=O) groups is 2. The van der Waals surface area contributed by atoms with Crippen molar-refractivity contribution in [2.75, 3.05) is 7.11 Å². The van der Waals surface area contributed by atoms with Crippen LogP contribution in [0.25, 0.3) is 11.1 Å². The maximum absolute atomic E-state index is 13.8. The molecule has 0 bridgehead atoms. The summed E-state index contributed by atoms with van der Waals surface area (Å²) in [4.78, 5) is 23.6. The molecule has 0 heterocycles. The number of carboxylic acid groups (broad SMARTS) is 1. The van der Waals surface area contributed by atoms with Crippen molar-refractivity contribution in [3.63, 3.8) is 0 Å². The summed E-state index contributed by atoms with van der Waals surface area (Å²) < 4.78 is 45.8. The molecule has 2 aromatic carbocycles. The molecule has 0 amide bonds. The molecule has 0 aliphatic heterocycles. The van der Waals surface area contributed by atoms with E-state index in [1.165, 1.54) is 42.5 Å². The Morgan fingerprint density at radius 1 is 0.920 bits per heavy atom. The molecule has 2 aromatic rings. The Kier molecular flexibility index (Phi) is 5.26. The Hall–Kier alpha value is -3.09. The molecule has 0 aliphatic carbocycles. The third-order valence-electron chi connectivity index (χ3n) is 3.41. The summed E-state index contributed by atoms with van der Waals surface area (Å²) in [6.45, 7) is 0. The first-order valence-corrected chi connectivity index (χ1v) is 7.05. The number of carboxylic acids is 1. The van der Waals surface area contributed by atoms with Crippen molar-refractivity contribution in [1.29, 1.82) is 0 Å². The molecule has 7 heteroatoms. The maximum atomic E-state index is 13.8. The molecule has 2 rings (SSSR count). The highest BCUT2D eigenvalue weighted by molar-refractivity contribution is 6.26. The second kappa shape index (κ2) is 7.21.